The van der Waals surface area contributed by atoms with Gasteiger partial charge in [-0.1, -0.05) is 182 Å². The lowest BCUT2D eigenvalue weighted by Gasteiger charge is -2.36. The predicted molar refractivity (Wildman–Crippen MR) is 263 cm³/mol. The van der Waals surface area contributed by atoms with Gasteiger partial charge < -0.3 is 13.7 Å². The first-order valence-electron chi connectivity index (χ1n) is 22.0. The minimum atomic E-state index is -0.611. The number of anilines is 3. The van der Waals surface area contributed by atoms with Gasteiger partial charge in [0.25, 0.3) is 0 Å². The summed E-state index contributed by atoms with van der Waals surface area (Å²) < 4.78 is 13.3. The molecule has 0 radical (unpaired) electrons. The van der Waals surface area contributed by atoms with Crippen LogP contribution in [0.1, 0.15) is 22.3 Å². The zero-order valence-electron chi connectivity index (χ0n) is 34.6. The Labute approximate surface area is 369 Å². The first-order valence-corrected chi connectivity index (χ1v) is 22.0. The van der Waals surface area contributed by atoms with Gasteiger partial charge in [0, 0.05) is 38.5 Å². The van der Waals surface area contributed by atoms with Gasteiger partial charge in [-0.15, -0.1) is 0 Å². The maximum atomic E-state index is 6.82. The van der Waals surface area contributed by atoms with E-state index in [9.17, 15) is 0 Å². The average Bonchev–Trinajstić information content (AvgIpc) is 4.01. The maximum absolute atomic E-state index is 6.82. The Bertz CT molecular complexity index is 3800. The molecule has 3 heteroatoms. The van der Waals surface area contributed by atoms with Crippen molar-refractivity contribution < 1.29 is 8.83 Å². The Kier molecular flexibility index (Phi) is 7.32. The molecule has 0 amide bonds. The van der Waals surface area contributed by atoms with Crippen molar-refractivity contribution in [2.24, 2.45) is 0 Å². The fraction of sp³-hybridized carbons (Fsp3) is 0.0164. The van der Waals surface area contributed by atoms with Crippen LogP contribution in [0.15, 0.2) is 233 Å². The van der Waals surface area contributed by atoms with Crippen molar-refractivity contribution in [1.82, 2.24) is 0 Å². The third-order valence-electron chi connectivity index (χ3n) is 13.9. The van der Waals surface area contributed by atoms with E-state index in [1.165, 1.54) is 55.6 Å². The molecule has 0 N–H and O–H groups in total. The summed E-state index contributed by atoms with van der Waals surface area (Å²) in [5.74, 6) is 0. The van der Waals surface area contributed by atoms with Crippen LogP contribution in [0, 0.1) is 0 Å². The molecule has 14 rings (SSSR count). The van der Waals surface area contributed by atoms with Gasteiger partial charge in [-0.05, 0) is 104 Å². The number of hydrogen-bond acceptors (Lipinski definition) is 3. The van der Waals surface area contributed by atoms with E-state index in [1.54, 1.807) is 0 Å². The van der Waals surface area contributed by atoms with E-state index in [2.05, 4.69) is 211 Å². The lowest BCUT2D eigenvalue weighted by molar-refractivity contribution is 0.669. The molecule has 1 spiro atoms. The summed E-state index contributed by atoms with van der Waals surface area (Å²) in [5.41, 5.74) is 20.7. The number of nitrogens with zero attached hydrogens (tertiary/aromatic N) is 1. The molecule has 298 valence electrons. The van der Waals surface area contributed by atoms with Crippen LogP contribution >= 0.6 is 0 Å². The van der Waals surface area contributed by atoms with Crippen LogP contribution in [0.25, 0.3) is 88.4 Å². The summed E-state index contributed by atoms with van der Waals surface area (Å²) in [7, 11) is 0. The molecule has 0 aliphatic heterocycles. The zero-order valence-corrected chi connectivity index (χ0v) is 34.6. The fourth-order valence-corrected chi connectivity index (χ4v) is 11.3. The van der Waals surface area contributed by atoms with Crippen molar-refractivity contribution in [2.75, 3.05) is 4.90 Å². The number of hydrogen-bond donors (Lipinski definition) is 0. The van der Waals surface area contributed by atoms with Crippen LogP contribution in [0.3, 0.4) is 0 Å². The van der Waals surface area contributed by atoms with Crippen molar-refractivity contribution in [3.05, 3.63) is 247 Å². The van der Waals surface area contributed by atoms with Gasteiger partial charge >= 0.3 is 0 Å². The molecular formula is C61H37NO2. The average molecular weight is 816 g/mol. The quantitative estimate of drug-likeness (QED) is 0.177. The topological polar surface area (TPSA) is 29.5 Å². The summed E-state index contributed by atoms with van der Waals surface area (Å²) in [6.45, 7) is 0. The molecule has 3 nitrogen and oxygen atoms in total. The number of para-hydroxylation sites is 4. The van der Waals surface area contributed by atoms with Crippen LogP contribution in [0.5, 0.6) is 0 Å². The second kappa shape index (κ2) is 13.3. The summed E-state index contributed by atoms with van der Waals surface area (Å²) in [6.07, 6.45) is 0. The van der Waals surface area contributed by atoms with Crippen molar-refractivity contribution in [3.8, 4) is 44.5 Å². The molecule has 2 aromatic heterocycles. The second-order valence-electron chi connectivity index (χ2n) is 17.1. The van der Waals surface area contributed by atoms with Gasteiger partial charge in [-0.3, -0.25) is 0 Å². The molecule has 64 heavy (non-hydrogen) atoms. The number of furan rings is 2. The molecule has 0 fully saturated rings. The van der Waals surface area contributed by atoms with Crippen molar-refractivity contribution in [2.45, 2.75) is 5.41 Å². The van der Waals surface area contributed by atoms with E-state index in [0.29, 0.717) is 0 Å². The smallest absolute Gasteiger partial charge is 0.159 e. The van der Waals surface area contributed by atoms with E-state index < -0.39 is 5.41 Å². The van der Waals surface area contributed by atoms with Crippen LogP contribution in [-0.2, 0) is 5.41 Å². The minimum absolute atomic E-state index is 0.611. The van der Waals surface area contributed by atoms with Crippen LogP contribution in [0.2, 0.25) is 0 Å². The fourth-order valence-electron chi connectivity index (χ4n) is 11.3. The third-order valence-corrected chi connectivity index (χ3v) is 13.9. The van der Waals surface area contributed by atoms with Gasteiger partial charge in [0.05, 0.1) is 11.1 Å². The lowest BCUT2D eigenvalue weighted by atomic mass is 9.66. The van der Waals surface area contributed by atoms with Gasteiger partial charge in [0.1, 0.15) is 16.7 Å². The third kappa shape index (κ3) is 4.76. The van der Waals surface area contributed by atoms with Crippen LogP contribution < -0.4 is 4.90 Å². The minimum Gasteiger partial charge on any atom is -0.455 e. The number of fused-ring (bicyclic) bond motifs is 18. The predicted octanol–water partition coefficient (Wildman–Crippen LogP) is 16.6. The molecule has 0 unspecified atom stereocenters. The van der Waals surface area contributed by atoms with E-state index >= 15 is 0 Å². The van der Waals surface area contributed by atoms with E-state index in [4.69, 9.17) is 8.83 Å². The molecule has 10 aromatic carbocycles. The van der Waals surface area contributed by atoms with E-state index in [0.717, 1.165) is 72.1 Å². The highest BCUT2D eigenvalue weighted by atomic mass is 16.3. The molecule has 12 aromatic rings. The first kappa shape index (κ1) is 35.2. The lowest BCUT2D eigenvalue weighted by Crippen LogP contribution is -2.29. The Morgan fingerprint density at radius 1 is 0.297 bits per heavy atom. The van der Waals surface area contributed by atoms with E-state index in [1.807, 2.05) is 18.2 Å². The molecule has 0 saturated carbocycles. The molecule has 2 aliphatic carbocycles. The summed E-state index contributed by atoms with van der Waals surface area (Å²) >= 11 is 0. The van der Waals surface area contributed by atoms with Gasteiger partial charge in [-0.2, -0.15) is 0 Å². The van der Waals surface area contributed by atoms with Crippen molar-refractivity contribution in [1.29, 1.82) is 0 Å². The Morgan fingerprint density at radius 2 is 0.734 bits per heavy atom. The standard InChI is InChI=1S/C61H37NO2/c1-2-16-43-42(15-1)44-17-3-8-25-52(44)61(53-26-9-4-18-45(43)53)54-27-10-5-19-46(54)47-36-35-40(37-55(47)61)62(56-28-14-24-51-49-21-7-12-30-58(49)64-60(51)56)39-33-31-38(32-34-39)41-22-13-23-50-48-20-6-11-29-57(48)63-59(41)50/h1-37H. The molecule has 2 aliphatic rings. The summed E-state index contributed by atoms with van der Waals surface area (Å²) in [6, 6.07) is 81.7. The van der Waals surface area contributed by atoms with Gasteiger partial charge in [0.15, 0.2) is 5.58 Å². The molecule has 0 atom stereocenters. The Balaban J connectivity index is 1.03. The highest BCUT2D eigenvalue weighted by molar-refractivity contribution is 6.11. The molecule has 0 bridgehead atoms. The largest absolute Gasteiger partial charge is 0.455 e. The Morgan fingerprint density at radius 3 is 1.36 bits per heavy atom. The Hall–Kier alpha value is -8.40. The normalized spacial score (nSPS) is 13.1. The monoisotopic (exact) mass is 815 g/mol. The molecule has 2 heterocycles. The SMILES string of the molecule is c1ccc2c(c1)-c1ccccc1C1(c3ccccc3-2)c2ccccc2-c2ccc(N(c3ccc(-c4cccc5c4oc4ccccc45)cc3)c3cccc4c3oc3ccccc34)cc21. The van der Waals surface area contributed by atoms with Gasteiger partial charge in [0.2, 0.25) is 0 Å². The maximum Gasteiger partial charge on any atom is 0.159 e. The molecule has 0 saturated heterocycles. The number of benzene rings is 10. The highest BCUT2D eigenvalue weighted by Crippen LogP contribution is 2.62. The van der Waals surface area contributed by atoms with E-state index in [-0.39, 0.29) is 0 Å². The second-order valence-corrected chi connectivity index (χ2v) is 17.1. The van der Waals surface area contributed by atoms with Crippen LogP contribution in [0.4, 0.5) is 17.1 Å². The zero-order chi connectivity index (χ0) is 41.9. The van der Waals surface area contributed by atoms with Crippen molar-refractivity contribution >= 4 is 60.9 Å². The van der Waals surface area contributed by atoms with Gasteiger partial charge in [-0.25, -0.2) is 0 Å². The summed E-state index contributed by atoms with van der Waals surface area (Å²) in [5, 5.41) is 4.43. The highest BCUT2D eigenvalue weighted by Gasteiger charge is 2.50. The number of rotatable bonds is 4. The van der Waals surface area contributed by atoms with Crippen molar-refractivity contribution in [3.63, 3.8) is 0 Å². The van der Waals surface area contributed by atoms with Crippen LogP contribution in [-0.4, -0.2) is 0 Å². The first-order chi connectivity index (χ1) is 31.8. The summed E-state index contributed by atoms with van der Waals surface area (Å²) in [4.78, 5) is 2.39. The molecular weight excluding hydrogens is 779 g/mol.